The number of halogens is 2. The summed E-state index contributed by atoms with van der Waals surface area (Å²) in [6.07, 6.45) is 1.43. The van der Waals surface area contributed by atoms with E-state index in [1.54, 1.807) is 12.1 Å². The third-order valence-corrected chi connectivity index (χ3v) is 3.44. The molecule has 0 amide bonds. The minimum absolute atomic E-state index is 0.292. The Hall–Kier alpha value is -1.18. The highest BCUT2D eigenvalue weighted by Gasteiger charge is 2.21. The van der Waals surface area contributed by atoms with Gasteiger partial charge in [0.2, 0.25) is 0 Å². The largest absolute Gasteiger partial charge is 0.299 e. The van der Waals surface area contributed by atoms with Crippen molar-refractivity contribution in [2.24, 2.45) is 7.05 Å². The quantitative estimate of drug-likeness (QED) is 0.783. The maximum absolute atomic E-state index is 11.2. The summed E-state index contributed by atoms with van der Waals surface area (Å²) in [7, 11) is 2.76. The van der Waals surface area contributed by atoms with E-state index in [0.29, 0.717) is 16.5 Å². The van der Waals surface area contributed by atoms with Crippen LogP contribution in [0.5, 0.6) is 0 Å². The molecule has 0 atom stereocenters. The Balaban J connectivity index is 2.55. The lowest BCUT2D eigenvalue weighted by Crippen LogP contribution is -2.03. The molecule has 0 saturated heterocycles. The molecule has 0 spiro atoms. The summed E-state index contributed by atoms with van der Waals surface area (Å²) in [5.74, 6) is 0.292. The molecule has 2 aromatic heterocycles. The molecule has 17 heavy (non-hydrogen) atoms. The van der Waals surface area contributed by atoms with Gasteiger partial charge in [0.15, 0.2) is 5.82 Å². The van der Waals surface area contributed by atoms with Gasteiger partial charge in [-0.1, -0.05) is 11.6 Å². The lowest BCUT2D eigenvalue weighted by atomic mass is 10.3. The predicted octanol–water partition coefficient (Wildman–Crippen LogP) is 1.46. The van der Waals surface area contributed by atoms with Crippen LogP contribution in [-0.2, 0) is 16.1 Å². The van der Waals surface area contributed by atoms with Crippen molar-refractivity contribution in [3.8, 4) is 11.5 Å². The second kappa shape index (κ2) is 4.25. The number of hydrogen-bond donors (Lipinski definition) is 0. The summed E-state index contributed by atoms with van der Waals surface area (Å²) in [5.41, 5.74) is 0.455. The molecule has 0 radical (unpaired) electrons. The van der Waals surface area contributed by atoms with Crippen LogP contribution in [0.25, 0.3) is 11.5 Å². The lowest BCUT2D eigenvalue weighted by Gasteiger charge is -2.00. The van der Waals surface area contributed by atoms with Crippen LogP contribution in [0.1, 0.15) is 0 Å². The first-order valence-corrected chi connectivity index (χ1v) is 7.04. The molecule has 6 nitrogen and oxygen atoms in total. The zero-order chi connectivity index (χ0) is 12.6. The number of hydrogen-bond acceptors (Lipinski definition) is 5. The highest BCUT2D eigenvalue weighted by atomic mass is 35.7. The van der Waals surface area contributed by atoms with E-state index in [4.69, 9.17) is 22.3 Å². The molecular weight excluding hydrogens is 287 g/mol. The fraction of sp³-hybridized carbons (Fsp3) is 0.125. The van der Waals surface area contributed by atoms with E-state index < -0.39 is 9.05 Å². The summed E-state index contributed by atoms with van der Waals surface area (Å²) < 4.78 is 23.6. The second-order valence-electron chi connectivity index (χ2n) is 3.16. The molecule has 0 aliphatic carbocycles. The minimum Gasteiger partial charge on any atom is -0.299 e. The Morgan fingerprint density at radius 2 is 2.00 bits per heavy atom. The van der Waals surface area contributed by atoms with Gasteiger partial charge in [0.1, 0.15) is 5.69 Å². The lowest BCUT2D eigenvalue weighted by molar-refractivity contribution is 0.593. The number of aromatic nitrogens is 4. The topological polar surface area (TPSA) is 77.7 Å². The fourth-order valence-electron chi connectivity index (χ4n) is 1.26. The minimum atomic E-state index is -3.92. The van der Waals surface area contributed by atoms with Gasteiger partial charge in [0.25, 0.3) is 14.2 Å². The molecule has 0 aliphatic rings. The van der Waals surface area contributed by atoms with Gasteiger partial charge in [-0.25, -0.2) is 8.42 Å². The van der Waals surface area contributed by atoms with Crippen molar-refractivity contribution in [1.29, 1.82) is 0 Å². The first kappa shape index (κ1) is 12.3. The van der Waals surface area contributed by atoms with Gasteiger partial charge in [-0.15, -0.1) is 10.2 Å². The summed E-state index contributed by atoms with van der Waals surface area (Å²) in [4.78, 5) is 4.01. The summed E-state index contributed by atoms with van der Waals surface area (Å²) in [6.45, 7) is 0. The zero-order valence-electron chi connectivity index (χ0n) is 8.50. The van der Waals surface area contributed by atoms with Gasteiger partial charge in [0, 0.05) is 23.9 Å². The molecular formula is C8H6Cl2N4O2S. The fourth-order valence-corrected chi connectivity index (χ4v) is 2.33. The van der Waals surface area contributed by atoms with Crippen molar-refractivity contribution >= 4 is 31.3 Å². The van der Waals surface area contributed by atoms with Crippen molar-refractivity contribution in [2.75, 3.05) is 0 Å². The van der Waals surface area contributed by atoms with E-state index in [9.17, 15) is 8.42 Å². The average molecular weight is 293 g/mol. The summed E-state index contributed by atoms with van der Waals surface area (Å²) in [6, 6.07) is 3.23. The summed E-state index contributed by atoms with van der Waals surface area (Å²) >= 11 is 5.69. The van der Waals surface area contributed by atoms with Crippen LogP contribution in [0, 0.1) is 0 Å². The molecule has 0 saturated carbocycles. The molecule has 0 aliphatic heterocycles. The van der Waals surface area contributed by atoms with Gasteiger partial charge in [-0.2, -0.15) is 0 Å². The van der Waals surface area contributed by atoms with Gasteiger partial charge < -0.3 is 0 Å². The Labute approximate surface area is 107 Å². The maximum Gasteiger partial charge on any atom is 0.296 e. The van der Waals surface area contributed by atoms with Crippen molar-refractivity contribution < 1.29 is 8.42 Å². The van der Waals surface area contributed by atoms with Crippen molar-refractivity contribution in [3.63, 3.8) is 0 Å². The molecule has 2 rings (SSSR count). The van der Waals surface area contributed by atoms with E-state index in [2.05, 4.69) is 15.2 Å². The zero-order valence-corrected chi connectivity index (χ0v) is 10.8. The van der Waals surface area contributed by atoms with Crippen LogP contribution in [0.2, 0.25) is 5.02 Å². The summed E-state index contributed by atoms with van der Waals surface area (Å²) in [5, 5.41) is 7.38. The van der Waals surface area contributed by atoms with Gasteiger partial charge in [-0.3, -0.25) is 9.55 Å². The first-order chi connectivity index (χ1) is 7.89. The SMILES string of the molecule is Cn1c(-c2ccc(Cl)cn2)nnc1S(=O)(=O)Cl. The first-order valence-electron chi connectivity index (χ1n) is 4.35. The van der Waals surface area contributed by atoms with Gasteiger partial charge >= 0.3 is 0 Å². The highest BCUT2D eigenvalue weighted by molar-refractivity contribution is 8.13. The van der Waals surface area contributed by atoms with Crippen LogP contribution in [0.4, 0.5) is 0 Å². The number of pyridine rings is 1. The Morgan fingerprint density at radius 3 is 2.47 bits per heavy atom. The Morgan fingerprint density at radius 1 is 1.29 bits per heavy atom. The van der Waals surface area contributed by atoms with E-state index in [0.717, 1.165) is 0 Å². The van der Waals surface area contributed by atoms with Crippen molar-refractivity contribution in [2.45, 2.75) is 5.16 Å². The predicted molar refractivity (Wildman–Crippen MR) is 62.3 cm³/mol. The molecule has 0 bridgehead atoms. The Kier molecular flexibility index (Phi) is 3.07. The molecule has 0 aromatic carbocycles. The van der Waals surface area contributed by atoms with Crippen molar-refractivity contribution in [3.05, 3.63) is 23.4 Å². The normalized spacial score (nSPS) is 11.7. The smallest absolute Gasteiger partial charge is 0.296 e. The number of nitrogens with zero attached hydrogens (tertiary/aromatic N) is 4. The average Bonchev–Trinajstić information content (AvgIpc) is 2.61. The van der Waals surface area contributed by atoms with Crippen molar-refractivity contribution in [1.82, 2.24) is 19.7 Å². The molecule has 0 N–H and O–H groups in total. The molecule has 2 aromatic rings. The number of rotatable bonds is 2. The highest BCUT2D eigenvalue weighted by Crippen LogP contribution is 2.20. The maximum atomic E-state index is 11.2. The molecule has 9 heteroatoms. The van der Waals surface area contributed by atoms with Crippen LogP contribution < -0.4 is 0 Å². The second-order valence-corrected chi connectivity index (χ2v) is 6.06. The van der Waals surface area contributed by atoms with E-state index in [1.165, 1.54) is 17.8 Å². The molecule has 2 heterocycles. The van der Waals surface area contributed by atoms with E-state index in [-0.39, 0.29) is 5.16 Å². The third-order valence-electron chi connectivity index (χ3n) is 2.01. The molecule has 0 unspecified atom stereocenters. The standard InChI is InChI=1S/C8H6Cl2N4O2S/c1-14-7(6-3-2-5(9)4-11-6)12-13-8(14)17(10,15)16/h2-4H,1H3. The van der Waals surface area contributed by atoms with E-state index >= 15 is 0 Å². The molecule has 90 valence electrons. The Bertz CT molecular complexity index is 651. The van der Waals surface area contributed by atoms with Crippen LogP contribution >= 0.6 is 22.3 Å². The van der Waals surface area contributed by atoms with Crippen LogP contribution in [0.15, 0.2) is 23.5 Å². The van der Waals surface area contributed by atoms with Crippen LogP contribution in [-0.4, -0.2) is 28.2 Å². The monoisotopic (exact) mass is 292 g/mol. The third kappa shape index (κ3) is 2.41. The van der Waals surface area contributed by atoms with E-state index in [1.807, 2.05) is 0 Å². The molecule has 0 fully saturated rings. The van der Waals surface area contributed by atoms with Gasteiger partial charge in [-0.05, 0) is 12.1 Å². The van der Waals surface area contributed by atoms with Crippen LogP contribution in [0.3, 0.4) is 0 Å². The van der Waals surface area contributed by atoms with Gasteiger partial charge in [0.05, 0.1) is 5.02 Å².